The summed E-state index contributed by atoms with van der Waals surface area (Å²) in [5.74, 6) is 1.11. The summed E-state index contributed by atoms with van der Waals surface area (Å²) in [6.45, 7) is 0.961. The second kappa shape index (κ2) is 4.39. The maximum Gasteiger partial charge on any atom is 0.115 e. The van der Waals surface area contributed by atoms with E-state index in [2.05, 4.69) is 32.4 Å². The number of hydrogen-bond acceptors (Lipinski definition) is 3. The molecule has 2 heterocycles. The van der Waals surface area contributed by atoms with Gasteiger partial charge in [-0.25, -0.2) is 4.98 Å². The van der Waals surface area contributed by atoms with Gasteiger partial charge in [-0.15, -0.1) is 11.3 Å². The monoisotopic (exact) mass is 207 g/mol. The van der Waals surface area contributed by atoms with E-state index in [1.54, 1.807) is 11.3 Å². The van der Waals surface area contributed by atoms with Crippen molar-refractivity contribution in [3.63, 3.8) is 0 Å². The van der Waals surface area contributed by atoms with Crippen molar-refractivity contribution in [2.45, 2.75) is 6.42 Å². The lowest BCUT2D eigenvalue weighted by Crippen LogP contribution is -2.13. The van der Waals surface area contributed by atoms with Gasteiger partial charge in [0.05, 0.1) is 0 Å². The maximum atomic E-state index is 4.34. The van der Waals surface area contributed by atoms with E-state index in [1.807, 2.05) is 19.4 Å². The number of nitrogens with zero attached hydrogens (tertiary/aromatic N) is 2. The van der Waals surface area contributed by atoms with Gasteiger partial charge in [0.2, 0.25) is 0 Å². The average molecular weight is 207 g/mol. The SMILES string of the molecule is CNCCc1nccn1-c1cccs1. The van der Waals surface area contributed by atoms with Gasteiger partial charge in [0.25, 0.3) is 0 Å². The Labute approximate surface area is 87.4 Å². The first-order valence-electron chi connectivity index (χ1n) is 4.62. The zero-order valence-electron chi connectivity index (χ0n) is 8.10. The molecular weight excluding hydrogens is 194 g/mol. The third-order valence-electron chi connectivity index (χ3n) is 2.06. The molecule has 0 bridgehead atoms. The van der Waals surface area contributed by atoms with Crippen LogP contribution in [0.15, 0.2) is 29.9 Å². The lowest BCUT2D eigenvalue weighted by Gasteiger charge is -2.04. The van der Waals surface area contributed by atoms with Gasteiger partial charge in [-0.2, -0.15) is 0 Å². The fourth-order valence-electron chi connectivity index (χ4n) is 1.36. The molecule has 0 amide bonds. The molecule has 0 unspecified atom stereocenters. The normalized spacial score (nSPS) is 10.6. The molecular formula is C10H13N3S. The number of nitrogens with one attached hydrogen (secondary N) is 1. The zero-order chi connectivity index (χ0) is 9.80. The lowest BCUT2D eigenvalue weighted by atomic mass is 10.4. The smallest absolute Gasteiger partial charge is 0.115 e. The highest BCUT2D eigenvalue weighted by Gasteiger charge is 2.04. The van der Waals surface area contributed by atoms with Crippen LogP contribution in [-0.4, -0.2) is 23.1 Å². The molecule has 4 heteroatoms. The van der Waals surface area contributed by atoms with E-state index >= 15 is 0 Å². The molecule has 0 atom stereocenters. The van der Waals surface area contributed by atoms with Gasteiger partial charge < -0.3 is 5.32 Å². The molecule has 14 heavy (non-hydrogen) atoms. The van der Waals surface area contributed by atoms with E-state index < -0.39 is 0 Å². The Balaban J connectivity index is 2.22. The highest BCUT2D eigenvalue weighted by Crippen LogP contribution is 2.16. The van der Waals surface area contributed by atoms with E-state index in [0.717, 1.165) is 18.8 Å². The molecule has 0 radical (unpaired) electrons. The Bertz CT molecular complexity index is 378. The number of likely N-dealkylation sites (N-methyl/N-ethyl adjacent to an activating group) is 1. The Hall–Kier alpha value is -1.13. The van der Waals surface area contributed by atoms with Crippen molar-refractivity contribution in [3.8, 4) is 5.00 Å². The minimum absolute atomic E-state index is 0.960. The summed E-state index contributed by atoms with van der Waals surface area (Å²) in [5, 5.41) is 6.44. The Morgan fingerprint density at radius 2 is 2.50 bits per heavy atom. The summed E-state index contributed by atoms with van der Waals surface area (Å²) in [7, 11) is 1.96. The molecule has 2 aromatic heterocycles. The van der Waals surface area contributed by atoms with Crippen molar-refractivity contribution in [2.75, 3.05) is 13.6 Å². The minimum Gasteiger partial charge on any atom is -0.319 e. The largest absolute Gasteiger partial charge is 0.319 e. The standard InChI is InChI=1S/C10H13N3S/c1-11-5-4-9-12-6-7-13(9)10-3-2-8-14-10/h2-3,6-8,11H,4-5H2,1H3. The van der Waals surface area contributed by atoms with Crippen LogP contribution < -0.4 is 5.32 Å². The summed E-state index contributed by atoms with van der Waals surface area (Å²) in [4.78, 5) is 4.34. The quantitative estimate of drug-likeness (QED) is 0.827. The van der Waals surface area contributed by atoms with Gasteiger partial charge in [0.15, 0.2) is 0 Å². The molecule has 0 fully saturated rings. The van der Waals surface area contributed by atoms with Crippen molar-refractivity contribution in [2.24, 2.45) is 0 Å². The topological polar surface area (TPSA) is 29.9 Å². The average Bonchev–Trinajstić information content (AvgIpc) is 2.84. The first-order valence-corrected chi connectivity index (χ1v) is 5.50. The Morgan fingerprint density at radius 1 is 1.57 bits per heavy atom. The second-order valence-corrected chi connectivity index (χ2v) is 3.94. The number of thiophene rings is 1. The van der Waals surface area contributed by atoms with E-state index in [0.29, 0.717) is 0 Å². The van der Waals surface area contributed by atoms with E-state index in [-0.39, 0.29) is 0 Å². The molecule has 0 spiro atoms. The highest BCUT2D eigenvalue weighted by molar-refractivity contribution is 7.12. The van der Waals surface area contributed by atoms with Crippen LogP contribution in [0, 0.1) is 0 Å². The van der Waals surface area contributed by atoms with Crippen LogP contribution in [0.5, 0.6) is 0 Å². The molecule has 0 aliphatic carbocycles. The first-order chi connectivity index (χ1) is 6.92. The van der Waals surface area contributed by atoms with Crippen LogP contribution >= 0.6 is 11.3 Å². The predicted molar refractivity (Wildman–Crippen MR) is 59.1 cm³/mol. The molecule has 2 aromatic rings. The van der Waals surface area contributed by atoms with Crippen LogP contribution in [0.4, 0.5) is 0 Å². The van der Waals surface area contributed by atoms with Gasteiger partial charge >= 0.3 is 0 Å². The Morgan fingerprint density at radius 3 is 3.21 bits per heavy atom. The van der Waals surface area contributed by atoms with Gasteiger partial charge in [0, 0.05) is 25.4 Å². The third-order valence-corrected chi connectivity index (χ3v) is 2.93. The van der Waals surface area contributed by atoms with Crippen molar-refractivity contribution < 1.29 is 0 Å². The van der Waals surface area contributed by atoms with Gasteiger partial charge in [-0.3, -0.25) is 4.57 Å². The maximum absolute atomic E-state index is 4.34. The van der Waals surface area contributed by atoms with Crippen LogP contribution in [0.2, 0.25) is 0 Å². The number of aromatic nitrogens is 2. The number of hydrogen-bond donors (Lipinski definition) is 1. The summed E-state index contributed by atoms with van der Waals surface area (Å²) >= 11 is 1.73. The Kier molecular flexibility index (Phi) is 2.96. The van der Waals surface area contributed by atoms with Crippen molar-refractivity contribution in [1.82, 2.24) is 14.9 Å². The molecule has 0 aromatic carbocycles. The fourth-order valence-corrected chi connectivity index (χ4v) is 2.10. The second-order valence-electron chi connectivity index (χ2n) is 3.02. The molecule has 1 N–H and O–H groups in total. The van der Waals surface area contributed by atoms with Crippen LogP contribution in [0.25, 0.3) is 5.00 Å². The third kappa shape index (κ3) is 1.86. The molecule has 0 aliphatic rings. The van der Waals surface area contributed by atoms with E-state index in [4.69, 9.17) is 0 Å². The molecule has 74 valence electrons. The summed E-state index contributed by atoms with van der Waals surface area (Å²) in [6, 6.07) is 4.16. The summed E-state index contributed by atoms with van der Waals surface area (Å²) in [5.41, 5.74) is 0. The van der Waals surface area contributed by atoms with Gasteiger partial charge in [0.1, 0.15) is 10.8 Å². The van der Waals surface area contributed by atoms with Crippen molar-refractivity contribution in [1.29, 1.82) is 0 Å². The molecule has 0 saturated carbocycles. The lowest BCUT2D eigenvalue weighted by molar-refractivity contribution is 0.746. The van der Waals surface area contributed by atoms with E-state index in [9.17, 15) is 0 Å². The zero-order valence-corrected chi connectivity index (χ0v) is 8.92. The summed E-state index contributed by atoms with van der Waals surface area (Å²) < 4.78 is 2.14. The molecule has 3 nitrogen and oxygen atoms in total. The predicted octanol–water partition coefficient (Wildman–Crippen LogP) is 1.70. The first kappa shape index (κ1) is 9.43. The van der Waals surface area contributed by atoms with Crippen molar-refractivity contribution in [3.05, 3.63) is 35.7 Å². The minimum atomic E-state index is 0.960. The van der Waals surface area contributed by atoms with Crippen LogP contribution in [0.3, 0.4) is 0 Å². The van der Waals surface area contributed by atoms with Crippen LogP contribution in [-0.2, 0) is 6.42 Å². The highest BCUT2D eigenvalue weighted by atomic mass is 32.1. The van der Waals surface area contributed by atoms with Crippen molar-refractivity contribution >= 4 is 11.3 Å². The number of rotatable bonds is 4. The van der Waals surface area contributed by atoms with Gasteiger partial charge in [-0.1, -0.05) is 0 Å². The summed E-state index contributed by atoms with van der Waals surface area (Å²) in [6.07, 6.45) is 4.82. The number of imidazole rings is 1. The molecule has 2 rings (SSSR count). The van der Waals surface area contributed by atoms with Crippen LogP contribution in [0.1, 0.15) is 5.82 Å². The van der Waals surface area contributed by atoms with E-state index in [1.165, 1.54) is 5.00 Å². The molecule has 0 saturated heterocycles. The fraction of sp³-hybridized carbons (Fsp3) is 0.300. The van der Waals surface area contributed by atoms with Gasteiger partial charge in [-0.05, 0) is 24.6 Å². The molecule has 0 aliphatic heterocycles.